The van der Waals surface area contributed by atoms with Crippen molar-refractivity contribution in [3.63, 3.8) is 0 Å². The van der Waals surface area contributed by atoms with Crippen LogP contribution in [0.2, 0.25) is 0 Å². The Balaban J connectivity index is 1.75. The average Bonchev–Trinajstić information content (AvgIpc) is 2.72. The van der Waals surface area contributed by atoms with Gasteiger partial charge in [-0.15, -0.1) is 0 Å². The fourth-order valence-electron chi connectivity index (χ4n) is 2.79. The van der Waals surface area contributed by atoms with Crippen LogP contribution in [-0.4, -0.2) is 24.8 Å². The van der Waals surface area contributed by atoms with Gasteiger partial charge in [0.1, 0.15) is 5.17 Å². The zero-order valence-electron chi connectivity index (χ0n) is 15.9. The predicted octanol–water partition coefficient (Wildman–Crippen LogP) is 4.82. The Labute approximate surface area is 179 Å². The van der Waals surface area contributed by atoms with Crippen molar-refractivity contribution in [1.29, 1.82) is 0 Å². The van der Waals surface area contributed by atoms with Gasteiger partial charge in [-0.25, -0.2) is 8.42 Å². The van der Waals surface area contributed by atoms with Gasteiger partial charge in [-0.05, 0) is 29.3 Å². The van der Waals surface area contributed by atoms with E-state index in [-0.39, 0.29) is 10.9 Å². The Hall–Kier alpha value is -3.23. The Morgan fingerprint density at radius 3 is 2.27 bits per heavy atom. The molecule has 0 atom stereocenters. The SMILES string of the molecule is CS(=O)(=O)Nc1ccccc1-c1ccc(C/N=C(\Cl)c2ccc([N+](=O)[O-])cc2)cc1. The summed E-state index contributed by atoms with van der Waals surface area (Å²) in [6.07, 6.45) is 1.11. The molecular formula is C21H18ClN3O4S. The lowest BCUT2D eigenvalue weighted by atomic mass is 10.0. The van der Waals surface area contributed by atoms with Gasteiger partial charge >= 0.3 is 0 Å². The number of hydrogen-bond donors (Lipinski definition) is 1. The quantitative estimate of drug-likeness (QED) is 0.321. The first kappa shape index (κ1) is 21.5. The van der Waals surface area contributed by atoms with E-state index in [0.717, 1.165) is 22.9 Å². The van der Waals surface area contributed by atoms with Crippen molar-refractivity contribution < 1.29 is 13.3 Å². The molecule has 0 aliphatic carbocycles. The second-order valence-corrected chi connectivity index (χ2v) is 8.63. The second-order valence-electron chi connectivity index (χ2n) is 6.53. The minimum absolute atomic E-state index is 0.00977. The number of hydrogen-bond acceptors (Lipinski definition) is 5. The van der Waals surface area contributed by atoms with E-state index in [1.165, 1.54) is 12.1 Å². The van der Waals surface area contributed by atoms with Gasteiger partial charge in [0, 0.05) is 23.3 Å². The molecule has 0 fully saturated rings. The number of non-ortho nitro benzene ring substituents is 1. The summed E-state index contributed by atoms with van der Waals surface area (Å²) in [6, 6.07) is 20.6. The monoisotopic (exact) mass is 443 g/mol. The van der Waals surface area contributed by atoms with E-state index in [1.807, 2.05) is 36.4 Å². The van der Waals surface area contributed by atoms with Crippen LogP contribution in [0.5, 0.6) is 0 Å². The smallest absolute Gasteiger partial charge is 0.269 e. The molecular weight excluding hydrogens is 426 g/mol. The van der Waals surface area contributed by atoms with Gasteiger partial charge in [0.15, 0.2) is 0 Å². The highest BCUT2D eigenvalue weighted by atomic mass is 35.5. The Morgan fingerprint density at radius 1 is 1.03 bits per heavy atom. The van der Waals surface area contributed by atoms with Crippen molar-refractivity contribution in [3.05, 3.63) is 94.0 Å². The molecule has 7 nitrogen and oxygen atoms in total. The fourth-order valence-corrected chi connectivity index (χ4v) is 3.55. The van der Waals surface area contributed by atoms with Crippen molar-refractivity contribution in [2.45, 2.75) is 6.54 Å². The topological polar surface area (TPSA) is 102 Å². The molecule has 30 heavy (non-hydrogen) atoms. The average molecular weight is 444 g/mol. The summed E-state index contributed by atoms with van der Waals surface area (Å²) in [4.78, 5) is 14.6. The molecule has 0 aliphatic rings. The predicted molar refractivity (Wildman–Crippen MR) is 120 cm³/mol. The molecule has 0 spiro atoms. The first-order valence-corrected chi connectivity index (χ1v) is 11.1. The zero-order chi connectivity index (χ0) is 21.7. The molecule has 9 heteroatoms. The lowest BCUT2D eigenvalue weighted by Gasteiger charge is -2.11. The van der Waals surface area contributed by atoms with Gasteiger partial charge in [0.2, 0.25) is 10.0 Å². The zero-order valence-corrected chi connectivity index (χ0v) is 17.5. The van der Waals surface area contributed by atoms with Gasteiger partial charge in [0.25, 0.3) is 5.69 Å². The summed E-state index contributed by atoms with van der Waals surface area (Å²) in [5.41, 5.74) is 3.63. The molecule has 1 N–H and O–H groups in total. The minimum atomic E-state index is -3.39. The van der Waals surface area contributed by atoms with E-state index >= 15 is 0 Å². The number of sulfonamides is 1. The van der Waals surface area contributed by atoms with Crippen LogP contribution >= 0.6 is 11.6 Å². The number of aliphatic imine (C=N–C) groups is 1. The number of para-hydroxylation sites is 1. The van der Waals surface area contributed by atoms with Crippen LogP contribution in [0, 0.1) is 10.1 Å². The van der Waals surface area contributed by atoms with Crippen LogP contribution in [0.15, 0.2) is 77.8 Å². The highest BCUT2D eigenvalue weighted by Crippen LogP contribution is 2.28. The van der Waals surface area contributed by atoms with E-state index in [9.17, 15) is 18.5 Å². The summed E-state index contributed by atoms with van der Waals surface area (Å²) >= 11 is 6.21. The van der Waals surface area contributed by atoms with Crippen molar-refractivity contribution in [2.75, 3.05) is 11.0 Å². The largest absolute Gasteiger partial charge is 0.283 e. The third-order valence-corrected chi connectivity index (χ3v) is 5.13. The van der Waals surface area contributed by atoms with Crippen molar-refractivity contribution in [1.82, 2.24) is 0 Å². The van der Waals surface area contributed by atoms with E-state index in [2.05, 4.69) is 9.71 Å². The van der Waals surface area contributed by atoms with Crippen LogP contribution in [0.25, 0.3) is 11.1 Å². The normalized spacial score (nSPS) is 11.9. The standard InChI is InChI=1S/C21H18ClN3O4S/c1-30(28,29)24-20-5-3-2-4-19(20)16-8-6-15(7-9-16)14-23-21(22)17-10-12-18(13-11-17)25(26)27/h2-13,24H,14H2,1H3/b23-21-. The molecule has 3 aromatic carbocycles. The summed E-state index contributed by atoms with van der Waals surface area (Å²) < 4.78 is 25.7. The summed E-state index contributed by atoms with van der Waals surface area (Å²) in [6.45, 7) is 0.333. The number of nitrogens with one attached hydrogen (secondary N) is 1. The Bertz CT molecular complexity index is 1190. The number of nitro benzene ring substituents is 1. The molecule has 0 bridgehead atoms. The van der Waals surface area contributed by atoms with Crippen LogP contribution < -0.4 is 4.72 Å². The highest BCUT2D eigenvalue weighted by molar-refractivity contribution is 7.92. The van der Waals surface area contributed by atoms with Crippen LogP contribution in [-0.2, 0) is 16.6 Å². The van der Waals surface area contributed by atoms with Gasteiger partial charge < -0.3 is 0 Å². The van der Waals surface area contributed by atoms with Gasteiger partial charge in [0.05, 0.1) is 23.4 Å². The minimum Gasteiger partial charge on any atom is -0.283 e. The number of rotatable bonds is 7. The number of benzene rings is 3. The Morgan fingerprint density at radius 2 is 1.67 bits per heavy atom. The van der Waals surface area contributed by atoms with Crippen molar-refractivity contribution in [2.24, 2.45) is 4.99 Å². The summed E-state index contributed by atoms with van der Waals surface area (Å²) in [5, 5.41) is 11.0. The number of halogens is 1. The molecule has 0 amide bonds. The van der Waals surface area contributed by atoms with Gasteiger partial charge in [-0.2, -0.15) is 0 Å². The lowest BCUT2D eigenvalue weighted by Crippen LogP contribution is -2.10. The maximum absolute atomic E-state index is 11.6. The maximum Gasteiger partial charge on any atom is 0.269 e. The lowest BCUT2D eigenvalue weighted by molar-refractivity contribution is -0.384. The highest BCUT2D eigenvalue weighted by Gasteiger charge is 2.09. The van der Waals surface area contributed by atoms with Crippen LogP contribution in [0.3, 0.4) is 0 Å². The molecule has 0 radical (unpaired) electrons. The molecule has 0 saturated carbocycles. The van der Waals surface area contributed by atoms with Gasteiger partial charge in [-0.1, -0.05) is 54.1 Å². The molecule has 0 heterocycles. The summed E-state index contributed by atoms with van der Waals surface area (Å²) in [7, 11) is -3.39. The first-order chi connectivity index (χ1) is 14.2. The number of nitro groups is 1. The van der Waals surface area contributed by atoms with E-state index < -0.39 is 14.9 Å². The van der Waals surface area contributed by atoms with E-state index in [4.69, 9.17) is 11.6 Å². The second kappa shape index (κ2) is 9.06. The summed E-state index contributed by atoms with van der Waals surface area (Å²) in [5.74, 6) is 0. The first-order valence-electron chi connectivity index (χ1n) is 8.84. The number of nitrogens with zero attached hydrogens (tertiary/aromatic N) is 2. The van der Waals surface area contributed by atoms with Crippen LogP contribution in [0.4, 0.5) is 11.4 Å². The van der Waals surface area contributed by atoms with Gasteiger partial charge in [-0.3, -0.25) is 19.8 Å². The third-order valence-electron chi connectivity index (χ3n) is 4.20. The molecule has 0 saturated heterocycles. The molecule has 154 valence electrons. The third kappa shape index (κ3) is 5.65. The van der Waals surface area contributed by atoms with Crippen molar-refractivity contribution >= 4 is 38.2 Å². The van der Waals surface area contributed by atoms with Crippen molar-refractivity contribution in [3.8, 4) is 11.1 Å². The molecule has 0 aromatic heterocycles. The molecule has 0 aliphatic heterocycles. The molecule has 0 unspecified atom stereocenters. The van der Waals surface area contributed by atoms with E-state index in [1.54, 1.807) is 24.3 Å². The number of anilines is 1. The van der Waals surface area contributed by atoms with Crippen LogP contribution in [0.1, 0.15) is 11.1 Å². The van der Waals surface area contributed by atoms with E-state index in [0.29, 0.717) is 17.8 Å². The fraction of sp³-hybridized carbons (Fsp3) is 0.0952. The maximum atomic E-state index is 11.6. The molecule has 3 rings (SSSR count). The Kier molecular flexibility index (Phi) is 6.49. The molecule has 3 aromatic rings.